The Labute approximate surface area is 131 Å². The summed E-state index contributed by atoms with van der Waals surface area (Å²) in [6, 6.07) is 13.3. The van der Waals surface area contributed by atoms with Crippen LogP contribution >= 0.6 is 15.9 Å². The molecule has 0 unspecified atom stereocenters. The Hall–Kier alpha value is -1.88. The summed E-state index contributed by atoms with van der Waals surface area (Å²) in [5.41, 5.74) is 0.603. The largest absolute Gasteiger partial charge is 0.489 e. The molecule has 0 fully saturated rings. The average Bonchev–Trinajstić information content (AvgIpc) is 2.49. The Kier molecular flexibility index (Phi) is 5.33. The van der Waals surface area contributed by atoms with E-state index in [-0.39, 0.29) is 18.3 Å². The number of nitrogens with zero attached hydrogens (tertiary/aromatic N) is 1. The number of amides is 1. The fourth-order valence-electron chi connectivity index (χ4n) is 1.77. The van der Waals surface area contributed by atoms with Gasteiger partial charge in [0.15, 0.2) is 11.6 Å². The third-order valence-electron chi connectivity index (χ3n) is 2.96. The Morgan fingerprint density at radius 1 is 1.19 bits per heavy atom. The lowest BCUT2D eigenvalue weighted by Crippen LogP contribution is -2.30. The van der Waals surface area contributed by atoms with Crippen molar-refractivity contribution in [2.75, 3.05) is 20.2 Å². The fraction of sp³-hybridized carbons (Fsp3) is 0.188. The van der Waals surface area contributed by atoms with Crippen molar-refractivity contribution in [3.05, 3.63) is 64.4 Å². The van der Waals surface area contributed by atoms with Gasteiger partial charge < -0.3 is 9.64 Å². The lowest BCUT2D eigenvalue weighted by Gasteiger charge is -2.17. The molecule has 0 atom stereocenters. The zero-order valence-corrected chi connectivity index (χ0v) is 13.1. The topological polar surface area (TPSA) is 29.5 Å². The second-order valence-corrected chi connectivity index (χ2v) is 5.43. The summed E-state index contributed by atoms with van der Waals surface area (Å²) in [4.78, 5) is 13.7. The van der Waals surface area contributed by atoms with Crippen LogP contribution in [-0.2, 0) is 0 Å². The molecule has 0 N–H and O–H groups in total. The number of carbonyl (C=O) groups is 1. The molecule has 2 rings (SSSR count). The van der Waals surface area contributed by atoms with Crippen LogP contribution in [0.2, 0.25) is 0 Å². The van der Waals surface area contributed by atoms with E-state index in [4.69, 9.17) is 4.74 Å². The zero-order chi connectivity index (χ0) is 15.2. The highest BCUT2D eigenvalue weighted by molar-refractivity contribution is 9.10. The summed E-state index contributed by atoms with van der Waals surface area (Å²) < 4.78 is 19.6. The Morgan fingerprint density at radius 2 is 1.86 bits per heavy atom. The van der Waals surface area contributed by atoms with Gasteiger partial charge in [0.1, 0.15) is 6.61 Å². The van der Waals surface area contributed by atoms with Crippen LogP contribution in [0.3, 0.4) is 0 Å². The highest BCUT2D eigenvalue weighted by Gasteiger charge is 2.11. The molecular weight excluding hydrogens is 337 g/mol. The molecule has 110 valence electrons. The van der Waals surface area contributed by atoms with Gasteiger partial charge in [0.2, 0.25) is 0 Å². The molecule has 0 aliphatic heterocycles. The maximum atomic E-state index is 13.4. The van der Waals surface area contributed by atoms with Gasteiger partial charge in [-0.15, -0.1) is 0 Å². The zero-order valence-electron chi connectivity index (χ0n) is 11.6. The van der Waals surface area contributed by atoms with Crippen molar-refractivity contribution in [1.82, 2.24) is 4.90 Å². The minimum absolute atomic E-state index is 0.0976. The van der Waals surface area contributed by atoms with Crippen LogP contribution in [0.25, 0.3) is 0 Å². The molecule has 0 radical (unpaired) electrons. The molecule has 1 amide bonds. The molecule has 2 aromatic carbocycles. The van der Waals surface area contributed by atoms with Crippen LogP contribution < -0.4 is 4.74 Å². The van der Waals surface area contributed by atoms with Crippen LogP contribution in [0, 0.1) is 5.82 Å². The maximum Gasteiger partial charge on any atom is 0.253 e. The number of hydrogen-bond donors (Lipinski definition) is 0. The molecule has 5 heteroatoms. The predicted octanol–water partition coefficient (Wildman–Crippen LogP) is 3.74. The number of carbonyl (C=O) groups excluding carboxylic acids is 1. The van der Waals surface area contributed by atoms with E-state index in [1.54, 1.807) is 42.3 Å². The SMILES string of the molecule is CN(CCOc1ccccc1F)C(=O)c1ccc(Br)cc1. The molecular formula is C16H15BrFNO2. The van der Waals surface area contributed by atoms with E-state index < -0.39 is 5.82 Å². The lowest BCUT2D eigenvalue weighted by molar-refractivity contribution is 0.0773. The van der Waals surface area contributed by atoms with E-state index >= 15 is 0 Å². The first-order chi connectivity index (χ1) is 10.1. The second kappa shape index (κ2) is 7.22. The van der Waals surface area contributed by atoms with Gasteiger partial charge in [-0.1, -0.05) is 28.1 Å². The normalized spacial score (nSPS) is 10.2. The van der Waals surface area contributed by atoms with Crippen molar-refractivity contribution in [2.45, 2.75) is 0 Å². The Balaban J connectivity index is 1.87. The van der Waals surface area contributed by atoms with Crippen molar-refractivity contribution >= 4 is 21.8 Å². The van der Waals surface area contributed by atoms with Gasteiger partial charge in [-0.25, -0.2) is 4.39 Å². The molecule has 2 aromatic rings. The minimum Gasteiger partial charge on any atom is -0.489 e. The molecule has 0 aromatic heterocycles. The second-order valence-electron chi connectivity index (χ2n) is 4.51. The van der Waals surface area contributed by atoms with E-state index in [1.165, 1.54) is 6.07 Å². The third-order valence-corrected chi connectivity index (χ3v) is 3.49. The molecule has 21 heavy (non-hydrogen) atoms. The van der Waals surface area contributed by atoms with Crippen molar-refractivity contribution in [3.8, 4) is 5.75 Å². The average molecular weight is 352 g/mol. The van der Waals surface area contributed by atoms with Crippen molar-refractivity contribution < 1.29 is 13.9 Å². The summed E-state index contributed by atoms with van der Waals surface area (Å²) in [6.45, 7) is 0.614. The smallest absolute Gasteiger partial charge is 0.253 e. The van der Waals surface area contributed by atoms with Gasteiger partial charge in [-0.05, 0) is 36.4 Å². The van der Waals surface area contributed by atoms with Crippen molar-refractivity contribution in [1.29, 1.82) is 0 Å². The third kappa shape index (κ3) is 4.29. The first kappa shape index (κ1) is 15.5. The predicted molar refractivity (Wildman–Crippen MR) is 83.0 cm³/mol. The summed E-state index contributed by atoms with van der Waals surface area (Å²) in [5, 5.41) is 0. The Bertz CT molecular complexity index is 616. The van der Waals surface area contributed by atoms with Gasteiger partial charge in [0.25, 0.3) is 5.91 Å². The fourth-order valence-corrected chi connectivity index (χ4v) is 2.03. The first-order valence-corrected chi connectivity index (χ1v) is 7.25. The van der Waals surface area contributed by atoms with E-state index in [2.05, 4.69) is 15.9 Å². The molecule has 0 spiro atoms. The quantitative estimate of drug-likeness (QED) is 0.821. The number of rotatable bonds is 5. The summed E-state index contributed by atoms with van der Waals surface area (Å²) in [6.07, 6.45) is 0. The van der Waals surface area contributed by atoms with E-state index in [1.807, 2.05) is 12.1 Å². The standard InChI is InChI=1S/C16H15BrFNO2/c1-19(16(20)12-6-8-13(17)9-7-12)10-11-21-15-5-3-2-4-14(15)18/h2-9H,10-11H2,1H3. The summed E-state index contributed by atoms with van der Waals surface area (Å²) in [5.74, 6) is -0.305. The summed E-state index contributed by atoms with van der Waals surface area (Å²) >= 11 is 3.33. The van der Waals surface area contributed by atoms with E-state index in [0.29, 0.717) is 12.1 Å². The molecule has 0 saturated carbocycles. The first-order valence-electron chi connectivity index (χ1n) is 6.46. The number of halogens is 2. The monoisotopic (exact) mass is 351 g/mol. The number of likely N-dealkylation sites (N-methyl/N-ethyl adjacent to an activating group) is 1. The van der Waals surface area contributed by atoms with Crippen LogP contribution in [-0.4, -0.2) is 31.0 Å². The van der Waals surface area contributed by atoms with Crippen LogP contribution in [0.4, 0.5) is 4.39 Å². The number of ether oxygens (including phenoxy) is 1. The van der Waals surface area contributed by atoms with Crippen LogP contribution in [0.1, 0.15) is 10.4 Å². The Morgan fingerprint density at radius 3 is 2.52 bits per heavy atom. The lowest BCUT2D eigenvalue weighted by atomic mass is 10.2. The molecule has 0 heterocycles. The molecule has 0 aliphatic carbocycles. The number of benzene rings is 2. The van der Waals surface area contributed by atoms with E-state index in [9.17, 15) is 9.18 Å². The maximum absolute atomic E-state index is 13.4. The highest BCUT2D eigenvalue weighted by Crippen LogP contribution is 2.15. The van der Waals surface area contributed by atoms with Gasteiger partial charge in [-0.2, -0.15) is 0 Å². The van der Waals surface area contributed by atoms with Gasteiger partial charge in [0.05, 0.1) is 6.54 Å². The van der Waals surface area contributed by atoms with Gasteiger partial charge in [-0.3, -0.25) is 4.79 Å². The molecule has 3 nitrogen and oxygen atoms in total. The van der Waals surface area contributed by atoms with Crippen LogP contribution in [0.15, 0.2) is 53.0 Å². The minimum atomic E-state index is -0.403. The van der Waals surface area contributed by atoms with Gasteiger partial charge in [0, 0.05) is 17.1 Å². The van der Waals surface area contributed by atoms with Crippen molar-refractivity contribution in [3.63, 3.8) is 0 Å². The highest BCUT2D eigenvalue weighted by atomic mass is 79.9. The van der Waals surface area contributed by atoms with Crippen LogP contribution in [0.5, 0.6) is 5.75 Å². The molecule has 0 bridgehead atoms. The van der Waals surface area contributed by atoms with Gasteiger partial charge >= 0.3 is 0 Å². The molecule has 0 saturated heterocycles. The summed E-state index contributed by atoms with van der Waals surface area (Å²) in [7, 11) is 1.69. The van der Waals surface area contributed by atoms with E-state index in [0.717, 1.165) is 4.47 Å². The molecule has 0 aliphatic rings. The number of para-hydroxylation sites is 1. The van der Waals surface area contributed by atoms with Crippen molar-refractivity contribution in [2.24, 2.45) is 0 Å². The number of hydrogen-bond acceptors (Lipinski definition) is 2.